The van der Waals surface area contributed by atoms with E-state index in [1.807, 2.05) is 62.4 Å². The van der Waals surface area contributed by atoms with E-state index >= 15 is 0 Å². The van der Waals surface area contributed by atoms with Crippen molar-refractivity contribution in [1.29, 1.82) is 0 Å². The molecule has 0 saturated carbocycles. The van der Waals surface area contributed by atoms with E-state index in [1.54, 1.807) is 4.90 Å². The van der Waals surface area contributed by atoms with Crippen LogP contribution in [0.2, 0.25) is 0 Å². The second kappa shape index (κ2) is 8.00. The van der Waals surface area contributed by atoms with Gasteiger partial charge in [0.15, 0.2) is 0 Å². The standard InChI is InChI=1S/C21H20N4O3S/c1-13-3-7-17(8-4-13)28-18-9-5-16(6-10-18)25-12-15(11-19(25)26)20(27)22-21-24-23-14(2)29-21/h3-10,15H,11-12H2,1-2H3,(H,22,24,27)/t15-/m1/s1. The van der Waals surface area contributed by atoms with Crippen LogP contribution in [0.5, 0.6) is 11.5 Å². The fourth-order valence-corrected chi connectivity index (χ4v) is 3.72. The average Bonchev–Trinajstić information content (AvgIpc) is 3.30. The molecule has 1 fully saturated rings. The molecule has 1 atom stereocenters. The summed E-state index contributed by atoms with van der Waals surface area (Å²) in [6.45, 7) is 4.18. The van der Waals surface area contributed by atoms with Crippen molar-refractivity contribution in [2.45, 2.75) is 20.3 Å². The van der Waals surface area contributed by atoms with Crippen molar-refractivity contribution in [3.8, 4) is 11.5 Å². The summed E-state index contributed by atoms with van der Waals surface area (Å²) in [4.78, 5) is 26.5. The van der Waals surface area contributed by atoms with Gasteiger partial charge in [0, 0.05) is 18.7 Å². The van der Waals surface area contributed by atoms with Crippen molar-refractivity contribution in [3.05, 3.63) is 59.1 Å². The Morgan fingerprint density at radius 2 is 1.72 bits per heavy atom. The average molecular weight is 408 g/mol. The molecule has 0 aliphatic carbocycles. The van der Waals surface area contributed by atoms with E-state index in [0.717, 1.165) is 16.4 Å². The van der Waals surface area contributed by atoms with Gasteiger partial charge >= 0.3 is 0 Å². The summed E-state index contributed by atoms with van der Waals surface area (Å²) >= 11 is 1.31. The van der Waals surface area contributed by atoms with Gasteiger partial charge in [-0.25, -0.2) is 0 Å². The van der Waals surface area contributed by atoms with Crippen molar-refractivity contribution in [1.82, 2.24) is 10.2 Å². The topological polar surface area (TPSA) is 84.4 Å². The van der Waals surface area contributed by atoms with E-state index in [1.165, 1.54) is 16.9 Å². The lowest BCUT2D eigenvalue weighted by atomic mass is 10.1. The molecule has 29 heavy (non-hydrogen) atoms. The molecule has 148 valence electrons. The minimum Gasteiger partial charge on any atom is -0.457 e. The van der Waals surface area contributed by atoms with Crippen LogP contribution in [0.25, 0.3) is 0 Å². The molecule has 1 saturated heterocycles. The number of aryl methyl sites for hydroxylation is 2. The number of benzene rings is 2. The fourth-order valence-electron chi connectivity index (χ4n) is 3.12. The normalized spacial score (nSPS) is 16.1. The van der Waals surface area contributed by atoms with E-state index in [0.29, 0.717) is 17.4 Å². The molecular weight excluding hydrogens is 388 g/mol. The molecule has 0 unspecified atom stereocenters. The second-order valence-electron chi connectivity index (χ2n) is 6.93. The van der Waals surface area contributed by atoms with Crippen LogP contribution in [0.1, 0.15) is 17.0 Å². The first-order valence-corrected chi connectivity index (χ1v) is 10.1. The van der Waals surface area contributed by atoms with E-state index in [9.17, 15) is 9.59 Å². The first-order chi connectivity index (χ1) is 14.0. The summed E-state index contributed by atoms with van der Waals surface area (Å²) in [5, 5.41) is 11.8. The lowest BCUT2D eigenvalue weighted by Crippen LogP contribution is -2.28. The van der Waals surface area contributed by atoms with Gasteiger partial charge in [-0.3, -0.25) is 9.59 Å². The van der Waals surface area contributed by atoms with Gasteiger partial charge in [0.25, 0.3) is 0 Å². The molecule has 7 nitrogen and oxygen atoms in total. The number of nitrogens with one attached hydrogen (secondary N) is 1. The number of ether oxygens (including phenoxy) is 1. The van der Waals surface area contributed by atoms with Crippen LogP contribution in [0.4, 0.5) is 10.8 Å². The number of anilines is 2. The van der Waals surface area contributed by atoms with Crippen LogP contribution in [0, 0.1) is 19.8 Å². The lowest BCUT2D eigenvalue weighted by molar-refractivity contribution is -0.122. The van der Waals surface area contributed by atoms with Gasteiger partial charge in [0.05, 0.1) is 5.92 Å². The maximum Gasteiger partial charge on any atom is 0.231 e. The largest absolute Gasteiger partial charge is 0.457 e. The maximum atomic E-state index is 12.5. The third kappa shape index (κ3) is 4.43. The number of hydrogen-bond donors (Lipinski definition) is 1. The molecule has 1 aliphatic heterocycles. The van der Waals surface area contributed by atoms with Crippen molar-refractivity contribution in [3.63, 3.8) is 0 Å². The molecule has 1 aliphatic rings. The summed E-state index contributed by atoms with van der Waals surface area (Å²) in [6, 6.07) is 15.1. The second-order valence-corrected chi connectivity index (χ2v) is 8.11. The van der Waals surface area contributed by atoms with Crippen molar-refractivity contribution in [2.75, 3.05) is 16.8 Å². The molecule has 3 aromatic rings. The minimum atomic E-state index is -0.421. The van der Waals surface area contributed by atoms with Crippen molar-refractivity contribution >= 4 is 34.0 Å². The van der Waals surface area contributed by atoms with Crippen LogP contribution >= 0.6 is 11.3 Å². The molecule has 1 aromatic heterocycles. The predicted molar refractivity (Wildman–Crippen MR) is 111 cm³/mol. The summed E-state index contributed by atoms with van der Waals surface area (Å²) in [5.74, 6) is 0.728. The Hall–Kier alpha value is -3.26. The number of amides is 2. The quantitative estimate of drug-likeness (QED) is 0.691. The monoisotopic (exact) mass is 408 g/mol. The Bertz CT molecular complexity index is 1030. The molecule has 4 rings (SSSR count). The summed E-state index contributed by atoms with van der Waals surface area (Å²) in [5.41, 5.74) is 1.91. The third-order valence-corrected chi connectivity index (χ3v) is 5.41. The van der Waals surface area contributed by atoms with Crippen molar-refractivity contribution < 1.29 is 14.3 Å². The van der Waals surface area contributed by atoms with E-state index in [4.69, 9.17) is 4.74 Å². The first-order valence-electron chi connectivity index (χ1n) is 9.24. The molecule has 0 radical (unpaired) electrons. The number of hydrogen-bond acceptors (Lipinski definition) is 6. The smallest absolute Gasteiger partial charge is 0.231 e. The van der Waals surface area contributed by atoms with E-state index < -0.39 is 5.92 Å². The zero-order valence-electron chi connectivity index (χ0n) is 16.1. The molecule has 2 aromatic carbocycles. The van der Waals surface area contributed by atoms with Gasteiger partial charge < -0.3 is 15.0 Å². The zero-order chi connectivity index (χ0) is 20.4. The molecule has 2 heterocycles. The van der Waals surface area contributed by atoms with Gasteiger partial charge in [-0.05, 0) is 50.2 Å². The Kier molecular flexibility index (Phi) is 5.26. The number of rotatable bonds is 5. The molecular formula is C21H20N4O3S. The fraction of sp³-hybridized carbons (Fsp3) is 0.238. The Morgan fingerprint density at radius 1 is 1.07 bits per heavy atom. The van der Waals surface area contributed by atoms with Gasteiger partial charge in [-0.2, -0.15) is 0 Å². The number of carbonyl (C=O) groups excluding carboxylic acids is 2. The Labute approximate surface area is 172 Å². The number of nitrogens with zero attached hydrogens (tertiary/aromatic N) is 3. The van der Waals surface area contributed by atoms with Crippen LogP contribution < -0.4 is 15.0 Å². The summed E-state index contributed by atoms with van der Waals surface area (Å²) in [7, 11) is 0. The Morgan fingerprint density at radius 3 is 2.34 bits per heavy atom. The highest BCUT2D eigenvalue weighted by molar-refractivity contribution is 7.15. The highest BCUT2D eigenvalue weighted by Gasteiger charge is 2.35. The third-order valence-electron chi connectivity index (χ3n) is 4.66. The van der Waals surface area contributed by atoms with Crippen LogP contribution in [-0.2, 0) is 9.59 Å². The highest BCUT2D eigenvalue weighted by atomic mass is 32.1. The molecule has 2 amide bonds. The predicted octanol–water partition coefficient (Wildman–Crippen LogP) is 3.94. The number of aromatic nitrogens is 2. The van der Waals surface area contributed by atoms with E-state index in [2.05, 4.69) is 15.5 Å². The van der Waals surface area contributed by atoms with Gasteiger partial charge in [0.1, 0.15) is 16.5 Å². The summed E-state index contributed by atoms with van der Waals surface area (Å²) in [6.07, 6.45) is 0.172. The lowest BCUT2D eigenvalue weighted by Gasteiger charge is -2.17. The summed E-state index contributed by atoms with van der Waals surface area (Å²) < 4.78 is 5.83. The SMILES string of the molecule is Cc1ccc(Oc2ccc(N3C[C@H](C(=O)Nc4nnc(C)s4)CC3=O)cc2)cc1. The first kappa shape index (κ1) is 19.1. The van der Waals surface area contributed by atoms with Gasteiger partial charge in [-0.15, -0.1) is 10.2 Å². The highest BCUT2D eigenvalue weighted by Crippen LogP contribution is 2.29. The number of carbonyl (C=O) groups is 2. The van der Waals surface area contributed by atoms with Crippen LogP contribution in [0.3, 0.4) is 0 Å². The Balaban J connectivity index is 1.39. The van der Waals surface area contributed by atoms with Gasteiger partial charge in [0.2, 0.25) is 16.9 Å². The molecule has 0 bridgehead atoms. The van der Waals surface area contributed by atoms with Crippen LogP contribution in [0.15, 0.2) is 48.5 Å². The van der Waals surface area contributed by atoms with Crippen molar-refractivity contribution in [2.24, 2.45) is 5.92 Å². The van der Waals surface area contributed by atoms with Gasteiger partial charge in [-0.1, -0.05) is 29.0 Å². The zero-order valence-corrected chi connectivity index (χ0v) is 16.9. The maximum absolute atomic E-state index is 12.5. The minimum absolute atomic E-state index is 0.0780. The van der Waals surface area contributed by atoms with Crippen LogP contribution in [-0.4, -0.2) is 28.6 Å². The molecule has 0 spiro atoms. The molecule has 1 N–H and O–H groups in total. The van der Waals surface area contributed by atoms with E-state index in [-0.39, 0.29) is 18.2 Å². The molecule has 8 heteroatoms.